The summed E-state index contributed by atoms with van der Waals surface area (Å²) in [4.78, 5) is 0. The van der Waals surface area contributed by atoms with Crippen LogP contribution in [0.5, 0.6) is 0 Å². The Morgan fingerprint density at radius 3 is 2.80 bits per heavy atom. The van der Waals surface area contributed by atoms with Crippen LogP contribution in [0.3, 0.4) is 0 Å². The zero-order valence-electron chi connectivity index (χ0n) is 5.49. The lowest BCUT2D eigenvalue weighted by atomic mass is 10.4. The van der Waals surface area contributed by atoms with E-state index in [2.05, 4.69) is 0 Å². The largest absolute Gasteiger partial charge is 0.385 e. The van der Waals surface area contributed by atoms with Gasteiger partial charge in [-0.1, -0.05) is 6.07 Å². The quantitative estimate of drug-likeness (QED) is 0.578. The van der Waals surface area contributed by atoms with E-state index in [1.54, 1.807) is 0 Å². The summed E-state index contributed by atoms with van der Waals surface area (Å²) in [6, 6.07) is 9.87. The molecule has 0 saturated carbocycles. The SMILES string of the molecule is Nc1ccc2ccccn12. The number of hydrogen-bond acceptors (Lipinski definition) is 1. The van der Waals surface area contributed by atoms with Gasteiger partial charge in [-0.2, -0.15) is 0 Å². The van der Waals surface area contributed by atoms with Crippen LogP contribution in [-0.4, -0.2) is 4.40 Å². The molecule has 0 unspecified atom stereocenters. The highest BCUT2D eigenvalue weighted by molar-refractivity contribution is 5.55. The van der Waals surface area contributed by atoms with Gasteiger partial charge in [-0.15, -0.1) is 0 Å². The molecule has 0 aliphatic carbocycles. The molecule has 2 heteroatoms. The minimum absolute atomic E-state index is 0.788. The van der Waals surface area contributed by atoms with Gasteiger partial charge in [0.1, 0.15) is 5.82 Å². The highest BCUT2D eigenvalue weighted by atomic mass is 15.0. The predicted molar refractivity (Wildman–Crippen MR) is 41.8 cm³/mol. The van der Waals surface area contributed by atoms with Gasteiger partial charge >= 0.3 is 0 Å². The number of fused-ring (bicyclic) bond motifs is 1. The zero-order chi connectivity index (χ0) is 6.97. The zero-order valence-corrected chi connectivity index (χ0v) is 5.49. The van der Waals surface area contributed by atoms with E-state index >= 15 is 0 Å². The first-order chi connectivity index (χ1) is 4.88. The van der Waals surface area contributed by atoms with Crippen LogP contribution in [-0.2, 0) is 0 Å². The number of nitrogens with zero attached hydrogens (tertiary/aromatic N) is 1. The van der Waals surface area contributed by atoms with Crippen LogP contribution in [0.25, 0.3) is 5.52 Å². The summed E-state index contributed by atoms with van der Waals surface area (Å²) in [5, 5.41) is 0. The molecule has 0 spiro atoms. The summed E-state index contributed by atoms with van der Waals surface area (Å²) < 4.78 is 1.94. The van der Waals surface area contributed by atoms with E-state index in [1.165, 1.54) is 0 Å². The van der Waals surface area contributed by atoms with Crippen molar-refractivity contribution in [1.82, 2.24) is 4.40 Å². The molecule has 0 atom stereocenters. The Hall–Kier alpha value is -1.44. The maximum absolute atomic E-state index is 5.64. The lowest BCUT2D eigenvalue weighted by Crippen LogP contribution is -1.89. The van der Waals surface area contributed by atoms with Gasteiger partial charge in [-0.05, 0) is 24.3 Å². The van der Waals surface area contributed by atoms with Crippen molar-refractivity contribution in [1.29, 1.82) is 0 Å². The number of anilines is 1. The molecule has 2 heterocycles. The first kappa shape index (κ1) is 5.35. The minimum Gasteiger partial charge on any atom is -0.385 e. The molecule has 0 aliphatic rings. The highest BCUT2D eigenvalue weighted by Crippen LogP contribution is 2.09. The Labute approximate surface area is 58.9 Å². The topological polar surface area (TPSA) is 30.4 Å². The van der Waals surface area contributed by atoms with Crippen molar-refractivity contribution in [2.75, 3.05) is 5.73 Å². The summed E-state index contributed by atoms with van der Waals surface area (Å²) in [6.45, 7) is 0. The molecular formula is C8H8N2. The van der Waals surface area contributed by atoms with Crippen LogP contribution < -0.4 is 5.73 Å². The monoisotopic (exact) mass is 132 g/mol. The molecule has 0 fully saturated rings. The van der Waals surface area contributed by atoms with Crippen LogP contribution in [0.4, 0.5) is 5.82 Å². The second-order valence-electron chi connectivity index (χ2n) is 2.25. The molecule has 0 bridgehead atoms. The number of aromatic nitrogens is 1. The van der Waals surface area contributed by atoms with Gasteiger partial charge < -0.3 is 10.1 Å². The van der Waals surface area contributed by atoms with Gasteiger partial charge in [0.25, 0.3) is 0 Å². The summed E-state index contributed by atoms with van der Waals surface area (Å²) in [7, 11) is 0. The molecule has 0 radical (unpaired) electrons. The first-order valence-corrected chi connectivity index (χ1v) is 3.19. The fraction of sp³-hybridized carbons (Fsp3) is 0. The van der Waals surface area contributed by atoms with Crippen molar-refractivity contribution in [2.45, 2.75) is 0 Å². The third-order valence-corrected chi connectivity index (χ3v) is 1.59. The van der Waals surface area contributed by atoms with Gasteiger partial charge in [-0.25, -0.2) is 0 Å². The highest BCUT2D eigenvalue weighted by Gasteiger charge is 1.92. The third-order valence-electron chi connectivity index (χ3n) is 1.59. The second-order valence-corrected chi connectivity index (χ2v) is 2.25. The van der Waals surface area contributed by atoms with Gasteiger partial charge in [0.15, 0.2) is 0 Å². The first-order valence-electron chi connectivity index (χ1n) is 3.19. The molecule has 0 aromatic carbocycles. The Morgan fingerprint density at radius 1 is 1.10 bits per heavy atom. The van der Waals surface area contributed by atoms with Gasteiger partial charge in [0.05, 0.1) is 0 Å². The van der Waals surface area contributed by atoms with Crippen LogP contribution in [0, 0.1) is 0 Å². The van der Waals surface area contributed by atoms with Crippen LogP contribution in [0.1, 0.15) is 0 Å². The van der Waals surface area contributed by atoms with Gasteiger partial charge in [0, 0.05) is 11.7 Å². The lowest BCUT2D eigenvalue weighted by molar-refractivity contribution is 1.21. The van der Waals surface area contributed by atoms with Crippen molar-refractivity contribution in [3.8, 4) is 0 Å². The molecule has 2 aromatic rings. The standard InChI is InChI=1S/C8H8N2/c9-8-5-4-7-3-1-2-6-10(7)8/h1-6H,9H2. The van der Waals surface area contributed by atoms with E-state index < -0.39 is 0 Å². The third kappa shape index (κ3) is 0.589. The van der Waals surface area contributed by atoms with Crippen LogP contribution in [0.15, 0.2) is 36.5 Å². The molecular weight excluding hydrogens is 124 g/mol. The molecule has 0 amide bonds. The molecule has 2 aromatic heterocycles. The maximum atomic E-state index is 5.64. The number of nitrogens with two attached hydrogens (primary N) is 1. The van der Waals surface area contributed by atoms with Crippen molar-refractivity contribution in [3.05, 3.63) is 36.5 Å². The Morgan fingerprint density at radius 2 is 2.00 bits per heavy atom. The maximum Gasteiger partial charge on any atom is 0.107 e. The minimum atomic E-state index is 0.788. The fourth-order valence-electron chi connectivity index (χ4n) is 1.08. The molecule has 10 heavy (non-hydrogen) atoms. The predicted octanol–water partition coefficient (Wildman–Crippen LogP) is 1.52. The number of nitrogen functional groups attached to an aromatic ring is 1. The molecule has 2 rings (SSSR count). The van der Waals surface area contributed by atoms with Crippen molar-refractivity contribution >= 4 is 11.3 Å². The summed E-state index contributed by atoms with van der Waals surface area (Å²) in [5.74, 6) is 0.788. The molecule has 0 aliphatic heterocycles. The molecule has 2 nitrogen and oxygen atoms in total. The molecule has 2 N–H and O–H groups in total. The summed E-state index contributed by atoms with van der Waals surface area (Å²) in [6.07, 6.45) is 1.95. The van der Waals surface area contributed by atoms with Crippen molar-refractivity contribution in [2.24, 2.45) is 0 Å². The summed E-state index contributed by atoms with van der Waals surface area (Å²) in [5.41, 5.74) is 6.78. The Balaban J connectivity index is 2.93. The van der Waals surface area contributed by atoms with Crippen LogP contribution >= 0.6 is 0 Å². The van der Waals surface area contributed by atoms with Gasteiger partial charge in [-0.3, -0.25) is 0 Å². The van der Waals surface area contributed by atoms with E-state index in [0.29, 0.717) is 0 Å². The van der Waals surface area contributed by atoms with Crippen LogP contribution in [0.2, 0.25) is 0 Å². The summed E-state index contributed by atoms with van der Waals surface area (Å²) >= 11 is 0. The van der Waals surface area contributed by atoms with Crippen molar-refractivity contribution < 1.29 is 0 Å². The average Bonchev–Trinajstić information content (AvgIpc) is 2.34. The normalized spacial score (nSPS) is 10.4. The van der Waals surface area contributed by atoms with Gasteiger partial charge in [0.2, 0.25) is 0 Å². The van der Waals surface area contributed by atoms with E-state index in [1.807, 2.05) is 40.9 Å². The van der Waals surface area contributed by atoms with E-state index in [-0.39, 0.29) is 0 Å². The van der Waals surface area contributed by atoms with Crippen molar-refractivity contribution in [3.63, 3.8) is 0 Å². The fourth-order valence-corrected chi connectivity index (χ4v) is 1.08. The Bertz CT molecular complexity index is 349. The average molecular weight is 132 g/mol. The number of hydrogen-bond donors (Lipinski definition) is 1. The lowest BCUT2D eigenvalue weighted by Gasteiger charge is -1.93. The Kier molecular flexibility index (Phi) is 0.947. The molecule has 50 valence electrons. The van der Waals surface area contributed by atoms with E-state index in [4.69, 9.17) is 5.73 Å². The van der Waals surface area contributed by atoms with E-state index in [0.717, 1.165) is 11.3 Å². The number of pyridine rings is 1. The van der Waals surface area contributed by atoms with E-state index in [9.17, 15) is 0 Å². The molecule has 0 saturated heterocycles. The number of rotatable bonds is 0. The second kappa shape index (κ2) is 1.77. The smallest absolute Gasteiger partial charge is 0.107 e.